The number of hydrogen-bond acceptors (Lipinski definition) is 3. The van der Waals surface area contributed by atoms with Gasteiger partial charge < -0.3 is 9.80 Å². The fourth-order valence-electron chi connectivity index (χ4n) is 9.93. The predicted octanol–water partition coefficient (Wildman–Crippen LogP) is 13.5. The van der Waals surface area contributed by atoms with E-state index in [1.54, 1.807) is 0 Å². The van der Waals surface area contributed by atoms with E-state index in [0.29, 0.717) is 0 Å². The van der Waals surface area contributed by atoms with Crippen molar-refractivity contribution >= 4 is 78.0 Å². The Morgan fingerprint density at radius 3 is 1.81 bits per heavy atom. The number of thiophene rings is 1. The topological polar surface area (TPSA) is 6.48 Å². The lowest BCUT2D eigenvalue weighted by molar-refractivity contribution is 0.332. The number of rotatable bonds is 2. The molecular weight excluding hydrogens is 707 g/mol. The van der Waals surface area contributed by atoms with Gasteiger partial charge in [0.05, 0.1) is 5.69 Å². The van der Waals surface area contributed by atoms with E-state index in [1.165, 1.54) is 106 Å². The number of nitrogens with zero attached hydrogens (tertiary/aromatic N) is 2. The Balaban J connectivity index is 1.41. The molecule has 0 unspecified atom stereocenters. The Bertz CT molecular complexity index is 2620. The summed E-state index contributed by atoms with van der Waals surface area (Å²) in [6.45, 7) is 33.3. The molecular formula is C53H61BN2S. The molecule has 5 aromatic carbocycles. The van der Waals surface area contributed by atoms with Gasteiger partial charge in [0, 0.05) is 43.3 Å². The molecule has 0 fully saturated rings. The molecule has 9 rings (SSSR count). The van der Waals surface area contributed by atoms with Crippen molar-refractivity contribution in [1.82, 2.24) is 0 Å². The molecule has 2 aliphatic heterocycles. The first-order chi connectivity index (χ1) is 26.5. The molecule has 292 valence electrons. The largest absolute Gasteiger partial charge is 0.311 e. The minimum absolute atomic E-state index is 0.0113. The van der Waals surface area contributed by atoms with Crippen LogP contribution in [0.25, 0.3) is 10.1 Å². The summed E-state index contributed by atoms with van der Waals surface area (Å²) in [6, 6.07) is 36.4. The van der Waals surface area contributed by atoms with Gasteiger partial charge in [0.15, 0.2) is 0 Å². The Labute approximate surface area is 347 Å². The SMILES string of the molecule is Cc1cc2c3c(c1)N(c1ccc4c(c1)C(C)(C)CCC4(C)C)c1c(sc4ccc(C(C)(C)C)cc14)B3c1cc(C(C)(C)C)ccc1N2c1cccc(C(C)(C)C)c1. The van der Waals surface area contributed by atoms with Crippen LogP contribution in [0.15, 0.2) is 91.0 Å². The highest BCUT2D eigenvalue weighted by molar-refractivity contribution is 7.33. The third kappa shape index (κ3) is 6.02. The van der Waals surface area contributed by atoms with Crippen molar-refractivity contribution in [1.29, 1.82) is 0 Å². The minimum atomic E-state index is 0.0113. The summed E-state index contributed by atoms with van der Waals surface area (Å²) in [6.07, 6.45) is 2.40. The second kappa shape index (κ2) is 12.4. The highest BCUT2D eigenvalue weighted by Gasteiger charge is 2.46. The fraction of sp³-hybridized carbons (Fsp3) is 0.396. The van der Waals surface area contributed by atoms with Crippen LogP contribution in [0.1, 0.15) is 136 Å². The lowest BCUT2D eigenvalue weighted by Gasteiger charge is -2.45. The average molecular weight is 769 g/mol. The second-order valence-electron chi connectivity index (χ2n) is 21.9. The molecule has 0 saturated heterocycles. The Kier molecular flexibility index (Phi) is 8.30. The van der Waals surface area contributed by atoms with Crippen LogP contribution in [0.2, 0.25) is 0 Å². The number of benzene rings is 5. The molecule has 6 aromatic rings. The van der Waals surface area contributed by atoms with Crippen molar-refractivity contribution in [2.45, 2.75) is 137 Å². The maximum Gasteiger partial charge on any atom is 0.264 e. The highest BCUT2D eigenvalue weighted by Crippen LogP contribution is 2.52. The van der Waals surface area contributed by atoms with E-state index in [9.17, 15) is 0 Å². The van der Waals surface area contributed by atoms with Gasteiger partial charge in [0.1, 0.15) is 0 Å². The standard InChI is InChI=1S/C53H61BN2S/c1-32-26-43-46-44(27-32)56(37-20-21-39-40(31-37)53(13,14)25-24-52(39,11)12)47-38-29-34(50(5,6)7)19-23-45(38)57-48(47)54(46)41-30-35(51(8,9)10)18-22-42(41)55(43)36-17-15-16-33(28-36)49(2,3)4/h15-23,26-31H,24-25H2,1-14H3. The van der Waals surface area contributed by atoms with Gasteiger partial charge in [0.2, 0.25) is 0 Å². The van der Waals surface area contributed by atoms with Crippen LogP contribution >= 0.6 is 11.3 Å². The van der Waals surface area contributed by atoms with E-state index >= 15 is 0 Å². The predicted molar refractivity (Wildman–Crippen MR) is 252 cm³/mol. The number of anilines is 6. The van der Waals surface area contributed by atoms with E-state index in [4.69, 9.17) is 0 Å². The normalized spacial score (nSPS) is 17.0. The van der Waals surface area contributed by atoms with Gasteiger partial charge in [0.25, 0.3) is 6.71 Å². The Hall–Kier alpha value is -4.28. The van der Waals surface area contributed by atoms with E-state index in [1.807, 2.05) is 11.3 Å². The molecule has 0 radical (unpaired) electrons. The summed E-state index contributed by atoms with van der Waals surface area (Å²) >= 11 is 2.01. The van der Waals surface area contributed by atoms with Gasteiger partial charge in [-0.25, -0.2) is 0 Å². The van der Waals surface area contributed by atoms with Gasteiger partial charge in [-0.2, -0.15) is 0 Å². The number of aryl methyl sites for hydroxylation is 1. The maximum atomic E-state index is 2.68. The molecule has 0 N–H and O–H groups in total. The quantitative estimate of drug-likeness (QED) is 0.162. The zero-order valence-corrected chi connectivity index (χ0v) is 37.8. The van der Waals surface area contributed by atoms with Crippen molar-refractivity contribution in [3.8, 4) is 0 Å². The molecule has 0 atom stereocenters. The summed E-state index contributed by atoms with van der Waals surface area (Å²) in [5.74, 6) is 0. The summed E-state index contributed by atoms with van der Waals surface area (Å²) in [4.78, 5) is 5.27. The van der Waals surface area contributed by atoms with E-state index < -0.39 is 0 Å². The zero-order chi connectivity index (χ0) is 40.8. The third-order valence-corrected chi connectivity index (χ3v) is 14.8. The fourth-order valence-corrected chi connectivity index (χ4v) is 11.2. The van der Waals surface area contributed by atoms with Crippen LogP contribution in [-0.2, 0) is 27.1 Å². The van der Waals surface area contributed by atoms with Crippen molar-refractivity contribution < 1.29 is 0 Å². The van der Waals surface area contributed by atoms with Gasteiger partial charge in [-0.3, -0.25) is 0 Å². The monoisotopic (exact) mass is 768 g/mol. The lowest BCUT2D eigenvalue weighted by atomic mass is 9.36. The van der Waals surface area contributed by atoms with Crippen molar-refractivity contribution in [3.05, 3.63) is 124 Å². The Morgan fingerprint density at radius 1 is 0.561 bits per heavy atom. The lowest BCUT2D eigenvalue weighted by Crippen LogP contribution is -2.60. The molecule has 3 heterocycles. The smallest absolute Gasteiger partial charge is 0.264 e. The molecule has 57 heavy (non-hydrogen) atoms. The summed E-state index contributed by atoms with van der Waals surface area (Å²) in [5, 5.41) is 1.36. The molecule has 3 aliphatic rings. The molecule has 0 bridgehead atoms. The first-order valence-electron chi connectivity index (χ1n) is 21.3. The Morgan fingerprint density at radius 2 is 1.14 bits per heavy atom. The average Bonchev–Trinajstić information content (AvgIpc) is 3.50. The van der Waals surface area contributed by atoms with Crippen LogP contribution < -0.4 is 25.5 Å². The molecule has 2 nitrogen and oxygen atoms in total. The molecule has 0 amide bonds. The van der Waals surface area contributed by atoms with E-state index in [2.05, 4.69) is 198 Å². The molecule has 1 aromatic heterocycles. The molecule has 1 aliphatic carbocycles. The van der Waals surface area contributed by atoms with Crippen molar-refractivity contribution in [2.24, 2.45) is 0 Å². The van der Waals surface area contributed by atoms with Crippen LogP contribution in [0.3, 0.4) is 0 Å². The van der Waals surface area contributed by atoms with E-state index in [0.717, 1.165) is 0 Å². The van der Waals surface area contributed by atoms with Gasteiger partial charge in [-0.1, -0.05) is 126 Å². The van der Waals surface area contributed by atoms with Gasteiger partial charge >= 0.3 is 0 Å². The summed E-state index contributed by atoms with van der Waals surface area (Å²) in [5.41, 5.74) is 19.2. The molecule has 4 heteroatoms. The first kappa shape index (κ1) is 38.3. The maximum absolute atomic E-state index is 2.68. The van der Waals surface area contributed by atoms with Crippen LogP contribution in [0.4, 0.5) is 34.1 Å². The van der Waals surface area contributed by atoms with E-state index in [-0.39, 0.29) is 33.8 Å². The van der Waals surface area contributed by atoms with Gasteiger partial charge in [-0.05, 0) is 146 Å². The second-order valence-corrected chi connectivity index (χ2v) is 23.0. The summed E-state index contributed by atoms with van der Waals surface area (Å²) in [7, 11) is 0. The van der Waals surface area contributed by atoms with Crippen LogP contribution in [0, 0.1) is 6.92 Å². The minimum Gasteiger partial charge on any atom is -0.311 e. The highest BCUT2D eigenvalue weighted by atomic mass is 32.1. The molecule has 0 spiro atoms. The zero-order valence-electron chi connectivity index (χ0n) is 37.0. The van der Waals surface area contributed by atoms with Crippen molar-refractivity contribution in [3.63, 3.8) is 0 Å². The third-order valence-electron chi connectivity index (χ3n) is 13.6. The first-order valence-corrected chi connectivity index (χ1v) is 22.1. The summed E-state index contributed by atoms with van der Waals surface area (Å²) < 4.78 is 2.80. The molecule has 0 saturated carbocycles. The van der Waals surface area contributed by atoms with Crippen LogP contribution in [0.5, 0.6) is 0 Å². The number of hydrogen-bond donors (Lipinski definition) is 0. The van der Waals surface area contributed by atoms with Crippen LogP contribution in [-0.4, -0.2) is 6.71 Å². The van der Waals surface area contributed by atoms with Crippen molar-refractivity contribution in [2.75, 3.05) is 9.80 Å². The van der Waals surface area contributed by atoms with Gasteiger partial charge in [-0.15, -0.1) is 11.3 Å². The number of fused-ring (bicyclic) bond motifs is 7.